The largest absolute Gasteiger partial charge is 0.472 e. The second kappa shape index (κ2) is 7.28. The Labute approximate surface area is 163 Å². The van der Waals surface area contributed by atoms with Gasteiger partial charge in [-0.3, -0.25) is 0 Å². The summed E-state index contributed by atoms with van der Waals surface area (Å²) in [6, 6.07) is 13.1. The zero-order chi connectivity index (χ0) is 19.7. The highest BCUT2D eigenvalue weighted by atomic mass is 35.5. The van der Waals surface area contributed by atoms with Crippen molar-refractivity contribution in [1.82, 2.24) is 29.6 Å². The predicted octanol–water partition coefficient (Wildman–Crippen LogP) is 2.52. The summed E-state index contributed by atoms with van der Waals surface area (Å²) in [6.07, 6.45) is 1.72. The van der Waals surface area contributed by atoms with Crippen molar-refractivity contribution in [2.24, 2.45) is 7.05 Å². The van der Waals surface area contributed by atoms with Gasteiger partial charge in [-0.1, -0.05) is 17.7 Å². The number of rotatable bonds is 5. The third-order valence-corrected chi connectivity index (χ3v) is 4.32. The van der Waals surface area contributed by atoms with Crippen molar-refractivity contribution < 1.29 is 9.13 Å². The number of hydrogen-bond acceptors (Lipinski definition) is 5. The van der Waals surface area contributed by atoms with Crippen molar-refractivity contribution in [2.75, 3.05) is 0 Å². The number of benzene rings is 2. The lowest BCUT2D eigenvalue weighted by atomic mass is 10.2. The average Bonchev–Trinajstić information content (AvgIpc) is 3.29. The van der Waals surface area contributed by atoms with Crippen LogP contribution >= 0.6 is 11.6 Å². The summed E-state index contributed by atoms with van der Waals surface area (Å²) >= 11 is 5.89. The monoisotopic (exact) mass is 400 g/mol. The van der Waals surface area contributed by atoms with E-state index in [1.807, 2.05) is 12.1 Å². The van der Waals surface area contributed by atoms with Crippen LogP contribution in [0.2, 0.25) is 5.02 Å². The van der Waals surface area contributed by atoms with E-state index < -0.39 is 11.5 Å². The molecule has 0 spiro atoms. The number of ether oxygens (including phenoxy) is 1. The standard InChI is InChI=1S/C18H14ClFN6O2/c1-24-18(27)26(23-22-24)16-4-2-3-15(20)14(16)11-28-17-9-10-25(21-17)13-7-5-12(19)6-8-13/h2-10H,11H2,1H3. The summed E-state index contributed by atoms with van der Waals surface area (Å²) in [5.74, 6) is -0.220. The number of hydrogen-bond donors (Lipinski definition) is 0. The van der Waals surface area contributed by atoms with Gasteiger partial charge >= 0.3 is 5.69 Å². The first-order valence-corrected chi connectivity index (χ1v) is 8.62. The molecule has 0 atom stereocenters. The van der Waals surface area contributed by atoms with Crippen LogP contribution in [0.3, 0.4) is 0 Å². The van der Waals surface area contributed by atoms with Gasteiger partial charge in [-0.05, 0) is 46.8 Å². The number of aromatic nitrogens is 6. The van der Waals surface area contributed by atoms with Crippen LogP contribution in [0.4, 0.5) is 4.39 Å². The van der Waals surface area contributed by atoms with E-state index in [2.05, 4.69) is 15.5 Å². The molecule has 0 saturated carbocycles. The Balaban J connectivity index is 1.58. The van der Waals surface area contributed by atoms with Crippen LogP contribution in [0.5, 0.6) is 5.88 Å². The van der Waals surface area contributed by atoms with Crippen molar-refractivity contribution in [3.63, 3.8) is 0 Å². The smallest absolute Gasteiger partial charge is 0.368 e. The summed E-state index contributed by atoms with van der Waals surface area (Å²) in [5.41, 5.74) is 0.747. The molecule has 0 radical (unpaired) electrons. The van der Waals surface area contributed by atoms with Crippen LogP contribution in [-0.4, -0.2) is 29.6 Å². The third-order valence-electron chi connectivity index (χ3n) is 4.06. The number of aryl methyl sites for hydroxylation is 1. The Morgan fingerprint density at radius 1 is 1.11 bits per heavy atom. The molecule has 10 heteroatoms. The number of halogens is 2. The SMILES string of the molecule is Cn1nnn(-c2cccc(F)c2COc2ccn(-c3ccc(Cl)cc3)n2)c1=O. The molecule has 0 N–H and O–H groups in total. The van der Waals surface area contributed by atoms with E-state index in [9.17, 15) is 9.18 Å². The molecule has 2 aromatic carbocycles. The fraction of sp³-hybridized carbons (Fsp3) is 0.111. The number of nitrogens with zero attached hydrogens (tertiary/aromatic N) is 6. The summed E-state index contributed by atoms with van der Waals surface area (Å²) in [4.78, 5) is 12.1. The predicted molar refractivity (Wildman–Crippen MR) is 99.5 cm³/mol. The summed E-state index contributed by atoms with van der Waals surface area (Å²) in [5, 5.41) is 12.3. The van der Waals surface area contributed by atoms with Crippen molar-refractivity contribution in [3.05, 3.63) is 81.6 Å². The maximum Gasteiger partial charge on any atom is 0.368 e. The normalized spacial score (nSPS) is 11.0. The van der Waals surface area contributed by atoms with E-state index in [1.165, 1.54) is 19.2 Å². The molecule has 2 aromatic heterocycles. The molecule has 4 aromatic rings. The molecule has 0 unspecified atom stereocenters. The van der Waals surface area contributed by atoms with Gasteiger partial charge in [0.2, 0.25) is 5.88 Å². The van der Waals surface area contributed by atoms with Crippen molar-refractivity contribution in [2.45, 2.75) is 6.61 Å². The zero-order valence-electron chi connectivity index (χ0n) is 14.7. The van der Waals surface area contributed by atoms with Gasteiger partial charge in [-0.25, -0.2) is 13.9 Å². The van der Waals surface area contributed by atoms with Crippen molar-refractivity contribution >= 4 is 11.6 Å². The second-order valence-corrected chi connectivity index (χ2v) is 6.33. The fourth-order valence-corrected chi connectivity index (χ4v) is 2.75. The molecule has 0 aliphatic carbocycles. The Morgan fingerprint density at radius 2 is 1.89 bits per heavy atom. The molecule has 0 aliphatic rings. The van der Waals surface area contributed by atoms with Gasteiger partial charge in [0.15, 0.2) is 0 Å². The Bertz CT molecular complexity index is 1180. The van der Waals surface area contributed by atoms with E-state index in [-0.39, 0.29) is 17.9 Å². The van der Waals surface area contributed by atoms with Gasteiger partial charge in [0.05, 0.1) is 16.9 Å². The van der Waals surface area contributed by atoms with E-state index >= 15 is 0 Å². The first kappa shape index (κ1) is 17.9. The Morgan fingerprint density at radius 3 is 2.61 bits per heavy atom. The summed E-state index contributed by atoms with van der Waals surface area (Å²) < 4.78 is 23.7. The molecule has 0 bridgehead atoms. The van der Waals surface area contributed by atoms with Crippen LogP contribution < -0.4 is 10.4 Å². The van der Waals surface area contributed by atoms with Crippen LogP contribution in [-0.2, 0) is 13.7 Å². The molecular formula is C18H14ClFN6O2. The molecule has 0 amide bonds. The maximum absolute atomic E-state index is 14.4. The molecule has 8 nitrogen and oxygen atoms in total. The van der Waals surface area contributed by atoms with Crippen molar-refractivity contribution in [3.8, 4) is 17.3 Å². The summed E-state index contributed by atoms with van der Waals surface area (Å²) in [7, 11) is 1.46. The lowest BCUT2D eigenvalue weighted by Crippen LogP contribution is -2.23. The lowest BCUT2D eigenvalue weighted by molar-refractivity contribution is 0.285. The van der Waals surface area contributed by atoms with Gasteiger partial charge in [0, 0.05) is 24.3 Å². The number of tetrazole rings is 1. The molecule has 4 rings (SSSR count). The lowest BCUT2D eigenvalue weighted by Gasteiger charge is -2.09. The van der Waals surface area contributed by atoms with Crippen LogP contribution in [0, 0.1) is 5.82 Å². The molecule has 28 heavy (non-hydrogen) atoms. The van der Waals surface area contributed by atoms with E-state index in [0.29, 0.717) is 10.9 Å². The highest BCUT2D eigenvalue weighted by Crippen LogP contribution is 2.20. The average molecular weight is 401 g/mol. The van der Waals surface area contributed by atoms with Crippen LogP contribution in [0.25, 0.3) is 11.4 Å². The van der Waals surface area contributed by atoms with Gasteiger partial charge in [-0.2, -0.15) is 9.36 Å². The van der Waals surface area contributed by atoms with E-state index in [0.717, 1.165) is 15.1 Å². The maximum atomic E-state index is 14.4. The molecular weight excluding hydrogens is 387 g/mol. The summed E-state index contributed by atoms with van der Waals surface area (Å²) in [6.45, 7) is -0.136. The molecule has 0 aliphatic heterocycles. The van der Waals surface area contributed by atoms with Crippen LogP contribution in [0.15, 0.2) is 59.5 Å². The van der Waals surface area contributed by atoms with Gasteiger partial charge < -0.3 is 4.74 Å². The second-order valence-electron chi connectivity index (χ2n) is 5.90. The molecule has 0 saturated heterocycles. The highest BCUT2D eigenvalue weighted by molar-refractivity contribution is 6.30. The molecule has 0 fully saturated rings. The third kappa shape index (κ3) is 3.39. The van der Waals surface area contributed by atoms with Crippen molar-refractivity contribution in [1.29, 1.82) is 0 Å². The highest BCUT2D eigenvalue weighted by Gasteiger charge is 2.16. The topological polar surface area (TPSA) is 79.8 Å². The quantitative estimate of drug-likeness (QED) is 0.514. The Kier molecular flexibility index (Phi) is 4.66. The minimum atomic E-state index is -0.521. The Hall–Kier alpha value is -3.46. The molecule has 142 valence electrons. The van der Waals surface area contributed by atoms with Gasteiger partial charge in [0.1, 0.15) is 12.4 Å². The first-order valence-electron chi connectivity index (χ1n) is 8.24. The van der Waals surface area contributed by atoms with Gasteiger partial charge in [0.25, 0.3) is 0 Å². The zero-order valence-corrected chi connectivity index (χ0v) is 15.4. The fourth-order valence-electron chi connectivity index (χ4n) is 2.62. The first-order chi connectivity index (χ1) is 13.5. The van der Waals surface area contributed by atoms with Gasteiger partial charge in [-0.15, -0.1) is 5.10 Å². The van der Waals surface area contributed by atoms with Crippen LogP contribution in [0.1, 0.15) is 5.56 Å². The van der Waals surface area contributed by atoms with E-state index in [4.69, 9.17) is 16.3 Å². The minimum absolute atomic E-state index is 0.136. The van der Waals surface area contributed by atoms with E-state index in [1.54, 1.807) is 35.1 Å². The molecule has 2 heterocycles. The minimum Gasteiger partial charge on any atom is -0.472 e.